The Labute approximate surface area is 264 Å². The number of fused-ring (bicyclic) bond motifs is 5. The first-order chi connectivity index (χ1) is 20.7. The van der Waals surface area contributed by atoms with Gasteiger partial charge in [-0.25, -0.2) is 4.79 Å². The van der Waals surface area contributed by atoms with Crippen LogP contribution < -0.4 is 4.74 Å². The lowest BCUT2D eigenvalue weighted by Crippen LogP contribution is -2.51. The molecule has 3 saturated carbocycles. The number of carbonyl (C=O) groups excluding carboxylic acids is 1. The van der Waals surface area contributed by atoms with Crippen LogP contribution in [0.5, 0.6) is 5.75 Å². The SMILES string of the molecule is CCCCCCOc1ccc(C(=O)OC2CC[C@@]3(C)C(=CC[C@H]4[C@@H]5CC[C@H]([C@H](C)CCCC(C)C)[C@@]5(C)CC[C@@H]43)C2)cc1. The largest absolute Gasteiger partial charge is 0.494 e. The van der Waals surface area contributed by atoms with Crippen molar-refractivity contribution in [1.82, 2.24) is 0 Å². The third-order valence-electron chi connectivity index (χ3n) is 12.9. The van der Waals surface area contributed by atoms with Crippen LogP contribution in [0.4, 0.5) is 0 Å². The molecule has 0 heterocycles. The van der Waals surface area contributed by atoms with Crippen LogP contribution in [-0.2, 0) is 4.74 Å². The predicted octanol–water partition coefficient (Wildman–Crippen LogP) is 11.2. The van der Waals surface area contributed by atoms with Crippen LogP contribution in [-0.4, -0.2) is 18.7 Å². The number of hydrogen-bond donors (Lipinski definition) is 0. The van der Waals surface area contributed by atoms with Gasteiger partial charge in [0.15, 0.2) is 0 Å². The molecular weight excluding hydrogens is 528 g/mol. The van der Waals surface area contributed by atoms with Crippen molar-refractivity contribution in [2.24, 2.45) is 46.3 Å². The summed E-state index contributed by atoms with van der Waals surface area (Å²) in [6.45, 7) is 15.5. The Morgan fingerprint density at radius 2 is 1.70 bits per heavy atom. The first-order valence-electron chi connectivity index (χ1n) is 18.3. The number of hydrogen-bond acceptors (Lipinski definition) is 3. The Morgan fingerprint density at radius 1 is 0.907 bits per heavy atom. The quantitative estimate of drug-likeness (QED) is 0.130. The maximum absolute atomic E-state index is 13.1. The van der Waals surface area contributed by atoms with E-state index in [1.165, 1.54) is 70.6 Å². The van der Waals surface area contributed by atoms with Crippen molar-refractivity contribution in [1.29, 1.82) is 0 Å². The van der Waals surface area contributed by atoms with E-state index >= 15 is 0 Å². The fourth-order valence-electron chi connectivity index (χ4n) is 10.4. The minimum atomic E-state index is -0.190. The number of allylic oxidation sites excluding steroid dienone is 1. The minimum Gasteiger partial charge on any atom is -0.494 e. The molecule has 1 unspecified atom stereocenters. The van der Waals surface area contributed by atoms with Gasteiger partial charge in [-0.3, -0.25) is 0 Å². The molecule has 5 rings (SSSR count). The molecule has 0 saturated heterocycles. The molecular formula is C40H62O3. The smallest absolute Gasteiger partial charge is 0.338 e. The molecule has 3 fully saturated rings. The number of carbonyl (C=O) groups is 1. The van der Waals surface area contributed by atoms with E-state index in [-0.39, 0.29) is 17.5 Å². The van der Waals surface area contributed by atoms with Crippen molar-refractivity contribution < 1.29 is 14.3 Å². The van der Waals surface area contributed by atoms with E-state index < -0.39 is 0 Å². The lowest BCUT2D eigenvalue weighted by Gasteiger charge is -2.58. The van der Waals surface area contributed by atoms with Gasteiger partial charge in [-0.05, 0) is 122 Å². The van der Waals surface area contributed by atoms with Gasteiger partial charge in [0, 0.05) is 6.42 Å². The molecule has 4 aliphatic carbocycles. The number of esters is 1. The van der Waals surface area contributed by atoms with Crippen molar-refractivity contribution in [2.75, 3.05) is 6.61 Å². The number of rotatable bonds is 13. The van der Waals surface area contributed by atoms with Gasteiger partial charge in [0.05, 0.1) is 12.2 Å². The van der Waals surface area contributed by atoms with Gasteiger partial charge >= 0.3 is 5.97 Å². The Hall–Kier alpha value is -1.77. The summed E-state index contributed by atoms with van der Waals surface area (Å²) in [5.41, 5.74) is 3.03. The third-order valence-corrected chi connectivity index (χ3v) is 12.9. The van der Waals surface area contributed by atoms with E-state index in [1.54, 1.807) is 5.57 Å². The monoisotopic (exact) mass is 590 g/mol. The molecule has 0 amide bonds. The highest BCUT2D eigenvalue weighted by molar-refractivity contribution is 5.89. The maximum atomic E-state index is 13.1. The number of unbranched alkanes of at least 4 members (excludes halogenated alkanes) is 3. The van der Waals surface area contributed by atoms with E-state index in [0.717, 1.165) is 73.5 Å². The highest BCUT2D eigenvalue weighted by atomic mass is 16.5. The van der Waals surface area contributed by atoms with Crippen molar-refractivity contribution in [2.45, 2.75) is 144 Å². The average Bonchev–Trinajstić information content (AvgIpc) is 3.34. The van der Waals surface area contributed by atoms with Gasteiger partial charge in [-0.15, -0.1) is 0 Å². The molecule has 3 heteroatoms. The van der Waals surface area contributed by atoms with Gasteiger partial charge in [0.2, 0.25) is 0 Å². The topological polar surface area (TPSA) is 35.5 Å². The molecule has 0 bridgehead atoms. The van der Waals surface area contributed by atoms with Crippen LogP contribution in [0.2, 0.25) is 0 Å². The zero-order valence-corrected chi connectivity index (χ0v) is 28.5. The number of ether oxygens (including phenoxy) is 2. The van der Waals surface area contributed by atoms with Crippen molar-refractivity contribution >= 4 is 5.97 Å². The molecule has 0 aromatic heterocycles. The fraction of sp³-hybridized carbons (Fsp3) is 0.775. The molecule has 8 atom stereocenters. The molecule has 0 spiro atoms. The van der Waals surface area contributed by atoms with Gasteiger partial charge in [0.1, 0.15) is 11.9 Å². The lowest BCUT2D eigenvalue weighted by atomic mass is 9.47. The molecule has 0 radical (unpaired) electrons. The van der Waals surface area contributed by atoms with Crippen molar-refractivity contribution in [3.63, 3.8) is 0 Å². The maximum Gasteiger partial charge on any atom is 0.338 e. The van der Waals surface area contributed by atoms with Crippen molar-refractivity contribution in [3.8, 4) is 5.75 Å². The Balaban J connectivity index is 1.16. The van der Waals surface area contributed by atoms with Crippen LogP contribution in [0.3, 0.4) is 0 Å². The highest BCUT2D eigenvalue weighted by Gasteiger charge is 2.59. The van der Waals surface area contributed by atoms with Crippen LogP contribution in [0.1, 0.15) is 148 Å². The van der Waals surface area contributed by atoms with Crippen LogP contribution in [0.15, 0.2) is 35.9 Å². The minimum absolute atomic E-state index is 0.00530. The second kappa shape index (κ2) is 14.1. The summed E-state index contributed by atoms with van der Waals surface area (Å²) in [5.74, 6) is 5.76. The summed E-state index contributed by atoms with van der Waals surface area (Å²) in [6, 6.07) is 7.55. The van der Waals surface area contributed by atoms with Gasteiger partial charge in [-0.1, -0.05) is 91.7 Å². The molecule has 1 aromatic rings. The summed E-state index contributed by atoms with van der Waals surface area (Å²) in [7, 11) is 0. The first-order valence-corrected chi connectivity index (χ1v) is 18.3. The third kappa shape index (κ3) is 7.06. The molecule has 3 nitrogen and oxygen atoms in total. The summed E-state index contributed by atoms with van der Waals surface area (Å²) in [4.78, 5) is 13.1. The second-order valence-corrected chi connectivity index (χ2v) is 16.0. The molecule has 0 aliphatic heterocycles. The molecule has 4 aliphatic rings. The molecule has 43 heavy (non-hydrogen) atoms. The zero-order chi connectivity index (χ0) is 30.6. The Morgan fingerprint density at radius 3 is 2.44 bits per heavy atom. The van der Waals surface area contributed by atoms with E-state index in [0.29, 0.717) is 11.0 Å². The summed E-state index contributed by atoms with van der Waals surface area (Å²) < 4.78 is 12.0. The summed E-state index contributed by atoms with van der Waals surface area (Å²) >= 11 is 0. The Bertz CT molecular complexity index is 1090. The average molecular weight is 591 g/mol. The molecule has 0 N–H and O–H groups in total. The normalized spacial score (nSPS) is 34.1. The second-order valence-electron chi connectivity index (χ2n) is 16.0. The van der Waals surface area contributed by atoms with Crippen molar-refractivity contribution in [3.05, 3.63) is 41.5 Å². The Kier molecular flexibility index (Phi) is 10.7. The van der Waals surface area contributed by atoms with Crippen LogP contribution in [0.25, 0.3) is 0 Å². The van der Waals surface area contributed by atoms with Gasteiger partial charge in [-0.2, -0.15) is 0 Å². The van der Waals surface area contributed by atoms with Crippen LogP contribution in [0, 0.1) is 46.3 Å². The predicted molar refractivity (Wildman–Crippen MR) is 178 cm³/mol. The number of benzene rings is 1. The van der Waals surface area contributed by atoms with E-state index in [2.05, 4.69) is 47.6 Å². The van der Waals surface area contributed by atoms with E-state index in [1.807, 2.05) is 24.3 Å². The fourth-order valence-corrected chi connectivity index (χ4v) is 10.4. The first kappa shape index (κ1) is 32.6. The summed E-state index contributed by atoms with van der Waals surface area (Å²) in [6.07, 6.45) is 21.6. The lowest BCUT2D eigenvalue weighted by molar-refractivity contribution is -0.0594. The molecule has 240 valence electrons. The summed E-state index contributed by atoms with van der Waals surface area (Å²) in [5, 5.41) is 0. The van der Waals surface area contributed by atoms with Gasteiger partial charge in [0.25, 0.3) is 0 Å². The molecule has 1 aromatic carbocycles. The zero-order valence-electron chi connectivity index (χ0n) is 28.5. The van der Waals surface area contributed by atoms with Crippen LogP contribution >= 0.6 is 0 Å². The highest BCUT2D eigenvalue weighted by Crippen LogP contribution is 2.67. The standard InChI is InChI=1S/C40H62O3/c1-7-8-9-10-26-42-32-17-14-30(15-18-32)38(41)43-33-22-24-39(5)31(27-33)16-19-34-36-21-20-35(29(4)13-11-12-28(2)3)40(36,6)25-23-37(34)39/h14-18,28-29,33-37H,7-13,19-27H2,1-6H3/t29-,33?,34+,35-,36+,37+,39+,40-/m1/s1. The van der Waals surface area contributed by atoms with E-state index in [9.17, 15) is 4.79 Å². The van der Waals surface area contributed by atoms with Gasteiger partial charge < -0.3 is 9.47 Å². The van der Waals surface area contributed by atoms with E-state index in [4.69, 9.17) is 9.47 Å².